The predicted octanol–water partition coefficient (Wildman–Crippen LogP) is 1.14. The van der Waals surface area contributed by atoms with Gasteiger partial charge in [0, 0.05) is 51.7 Å². The maximum absolute atomic E-state index is 12.0. The monoisotopic (exact) mass is 519 g/mol. The van der Waals surface area contributed by atoms with Crippen LogP contribution in [0.1, 0.15) is 50.7 Å². The molecule has 0 bridgehead atoms. The largest absolute Gasteiger partial charge is 0.381 e. The first-order chi connectivity index (χ1) is 13.4. The van der Waals surface area contributed by atoms with E-state index >= 15 is 0 Å². The molecule has 1 unspecified atom stereocenters. The number of hydrogen-bond donors (Lipinski definition) is 2. The molecule has 2 N–H and O–H groups in total. The highest BCUT2D eigenvalue weighted by Gasteiger charge is 2.24. The van der Waals surface area contributed by atoms with E-state index in [0.717, 1.165) is 57.1 Å². The van der Waals surface area contributed by atoms with Gasteiger partial charge < -0.3 is 20.3 Å². The lowest BCUT2D eigenvalue weighted by Crippen LogP contribution is -2.51. The predicted molar refractivity (Wildman–Crippen MR) is 123 cm³/mol. The number of carbonyl (C=O) groups excluding carboxylic acids is 1. The lowest BCUT2D eigenvalue weighted by Gasteiger charge is -2.29. The van der Waals surface area contributed by atoms with E-state index in [0.29, 0.717) is 17.9 Å². The summed E-state index contributed by atoms with van der Waals surface area (Å²) in [7, 11) is 3.49. The minimum Gasteiger partial charge on any atom is -0.381 e. The second-order valence-electron chi connectivity index (χ2n) is 8.09. The number of guanidine groups is 1. The van der Waals surface area contributed by atoms with Crippen LogP contribution in [0.2, 0.25) is 0 Å². The van der Waals surface area contributed by atoms with Crippen LogP contribution in [0.15, 0.2) is 4.99 Å². The molecule has 1 aromatic heterocycles. The molecule has 0 saturated carbocycles. The molecule has 0 aromatic carbocycles. The third-order valence-electron chi connectivity index (χ3n) is 5.17. The third kappa shape index (κ3) is 6.80. The summed E-state index contributed by atoms with van der Waals surface area (Å²) in [6.45, 7) is 6.62. The first-order valence-corrected chi connectivity index (χ1v) is 10.2. The Morgan fingerprint density at radius 3 is 2.59 bits per heavy atom. The molecule has 9 nitrogen and oxygen atoms in total. The summed E-state index contributed by atoms with van der Waals surface area (Å²) in [6, 6.07) is 0.516. The first-order valence-electron chi connectivity index (χ1n) is 10.2. The number of aromatic nitrogens is 3. The van der Waals surface area contributed by atoms with Crippen LogP contribution in [0, 0.1) is 0 Å². The van der Waals surface area contributed by atoms with Gasteiger partial charge in [-0.15, -0.1) is 24.0 Å². The zero-order valence-electron chi connectivity index (χ0n) is 17.8. The molecule has 3 rings (SSSR count). The number of nitrogens with zero attached hydrogens (tertiary/aromatic N) is 5. The van der Waals surface area contributed by atoms with Gasteiger partial charge in [0.15, 0.2) is 11.8 Å². The van der Waals surface area contributed by atoms with Crippen LogP contribution in [0.4, 0.5) is 0 Å². The maximum Gasteiger partial charge on any atom is 0.243 e. The van der Waals surface area contributed by atoms with Gasteiger partial charge in [0.05, 0.1) is 6.54 Å². The average molecular weight is 519 g/mol. The van der Waals surface area contributed by atoms with Crippen LogP contribution < -0.4 is 10.6 Å². The molecule has 10 heteroatoms. The van der Waals surface area contributed by atoms with Gasteiger partial charge in [-0.05, 0) is 19.3 Å². The molecule has 1 fully saturated rings. The number of hydrogen-bond acceptors (Lipinski definition) is 5. The minimum atomic E-state index is -0.0168. The molecule has 1 atom stereocenters. The van der Waals surface area contributed by atoms with Gasteiger partial charge in [-0.2, -0.15) is 5.10 Å². The molecule has 2 aliphatic rings. The lowest BCUT2D eigenvalue weighted by atomic mass is 10.1. The molecule has 1 amide bonds. The number of carbonyl (C=O) groups is 1. The van der Waals surface area contributed by atoms with E-state index in [9.17, 15) is 4.79 Å². The van der Waals surface area contributed by atoms with Crippen LogP contribution in [0.3, 0.4) is 0 Å². The van der Waals surface area contributed by atoms with Gasteiger partial charge in [-0.25, -0.2) is 14.7 Å². The van der Waals surface area contributed by atoms with E-state index in [2.05, 4.69) is 39.6 Å². The van der Waals surface area contributed by atoms with Crippen LogP contribution >= 0.6 is 24.0 Å². The van der Waals surface area contributed by atoms with Gasteiger partial charge in [0.1, 0.15) is 12.4 Å². The molecule has 0 aliphatic carbocycles. The summed E-state index contributed by atoms with van der Waals surface area (Å²) < 4.78 is 7.45. The average Bonchev–Trinajstić information content (AvgIpc) is 3.10. The van der Waals surface area contributed by atoms with Gasteiger partial charge in [0.25, 0.3) is 0 Å². The lowest BCUT2D eigenvalue weighted by molar-refractivity contribution is -0.127. The number of likely N-dealkylation sites (N-methyl/N-ethyl adjacent to an activating group) is 1. The Kier molecular flexibility index (Phi) is 9.12. The number of nitrogens with one attached hydrogen (secondary N) is 2. The Morgan fingerprint density at radius 2 is 1.93 bits per heavy atom. The Morgan fingerprint density at radius 1 is 1.24 bits per heavy atom. The summed E-state index contributed by atoms with van der Waals surface area (Å²) >= 11 is 0. The highest BCUT2D eigenvalue weighted by atomic mass is 127. The second kappa shape index (κ2) is 11.1. The molecule has 1 aromatic rings. The normalized spacial score (nSPS) is 20.0. The summed E-state index contributed by atoms with van der Waals surface area (Å²) in [6.07, 6.45) is 3.74. The molecule has 1 saturated heterocycles. The van der Waals surface area contributed by atoms with Crippen molar-refractivity contribution in [2.75, 3.05) is 33.9 Å². The van der Waals surface area contributed by atoms with Gasteiger partial charge >= 0.3 is 0 Å². The molecular formula is C19H34IN7O2. The van der Waals surface area contributed by atoms with Crippen LogP contribution in [0.25, 0.3) is 0 Å². The number of rotatable bonds is 5. The molecule has 0 spiro atoms. The fraction of sp³-hybridized carbons (Fsp3) is 0.789. The van der Waals surface area contributed by atoms with E-state index in [4.69, 9.17) is 4.74 Å². The molecule has 3 heterocycles. The van der Waals surface area contributed by atoms with E-state index in [1.165, 1.54) is 0 Å². The first kappa shape index (κ1) is 23.8. The number of aryl methyl sites for hydroxylation is 1. The quantitative estimate of drug-likeness (QED) is 0.344. The number of ether oxygens (including phenoxy) is 1. The number of fused-ring (bicyclic) bond motifs is 1. The van der Waals surface area contributed by atoms with Crippen molar-refractivity contribution in [1.82, 2.24) is 30.3 Å². The third-order valence-corrected chi connectivity index (χ3v) is 5.17. The smallest absolute Gasteiger partial charge is 0.243 e. The molecule has 164 valence electrons. The Balaban J connectivity index is 0.00000300. The van der Waals surface area contributed by atoms with E-state index < -0.39 is 0 Å². The summed E-state index contributed by atoms with van der Waals surface area (Å²) in [4.78, 5) is 22.7. The Bertz CT molecular complexity index is 699. The number of halogens is 1. The number of amides is 1. The fourth-order valence-corrected chi connectivity index (χ4v) is 3.34. The van der Waals surface area contributed by atoms with Crippen molar-refractivity contribution in [3.8, 4) is 0 Å². The molecular weight excluding hydrogens is 485 g/mol. The highest BCUT2D eigenvalue weighted by molar-refractivity contribution is 14.0. The molecule has 0 radical (unpaired) electrons. The van der Waals surface area contributed by atoms with Crippen molar-refractivity contribution >= 4 is 35.8 Å². The van der Waals surface area contributed by atoms with Crippen LogP contribution in [-0.4, -0.2) is 77.5 Å². The standard InChI is InChI=1S/C19H33N7O2.HI/c1-13(2)18-23-16-6-5-15(12-26(16)24-18)22-19(20-11-17(27)25(3)4)21-14-7-9-28-10-8-14;/h13-15H,5-12H2,1-4H3,(H2,20,21,22);1H. The van der Waals surface area contributed by atoms with Crippen molar-refractivity contribution in [3.63, 3.8) is 0 Å². The van der Waals surface area contributed by atoms with E-state index in [1.807, 2.05) is 4.68 Å². The Labute approximate surface area is 190 Å². The van der Waals surface area contributed by atoms with Crippen molar-refractivity contribution in [2.45, 2.75) is 64.1 Å². The van der Waals surface area contributed by atoms with Crippen LogP contribution in [0.5, 0.6) is 0 Å². The topological polar surface area (TPSA) is 96.7 Å². The SMILES string of the molecule is CC(C)c1nc2n(n1)CC(NC(=NCC(=O)N(C)C)NC1CCOCC1)CC2.I. The maximum atomic E-state index is 12.0. The van der Waals surface area contributed by atoms with Crippen molar-refractivity contribution in [2.24, 2.45) is 4.99 Å². The summed E-state index contributed by atoms with van der Waals surface area (Å²) in [5.41, 5.74) is 0. The zero-order chi connectivity index (χ0) is 20.1. The van der Waals surface area contributed by atoms with Crippen molar-refractivity contribution in [3.05, 3.63) is 11.6 Å². The van der Waals surface area contributed by atoms with Gasteiger partial charge in [-0.1, -0.05) is 13.8 Å². The van der Waals surface area contributed by atoms with Crippen molar-refractivity contribution < 1.29 is 9.53 Å². The molecule has 29 heavy (non-hydrogen) atoms. The molecule has 2 aliphatic heterocycles. The van der Waals surface area contributed by atoms with Crippen molar-refractivity contribution in [1.29, 1.82) is 0 Å². The van der Waals surface area contributed by atoms with Crippen LogP contribution in [-0.2, 0) is 22.5 Å². The summed E-state index contributed by atoms with van der Waals surface area (Å²) in [5, 5.41) is 11.7. The highest BCUT2D eigenvalue weighted by Crippen LogP contribution is 2.17. The Hall–Kier alpha value is -1.43. The zero-order valence-corrected chi connectivity index (χ0v) is 20.2. The van der Waals surface area contributed by atoms with Gasteiger partial charge in [0.2, 0.25) is 5.91 Å². The fourth-order valence-electron chi connectivity index (χ4n) is 3.34. The number of aliphatic imine (C=N–C) groups is 1. The van der Waals surface area contributed by atoms with E-state index in [1.54, 1.807) is 19.0 Å². The second-order valence-corrected chi connectivity index (χ2v) is 8.09. The van der Waals surface area contributed by atoms with Gasteiger partial charge in [-0.3, -0.25) is 4.79 Å². The van der Waals surface area contributed by atoms with E-state index in [-0.39, 0.29) is 42.5 Å². The summed E-state index contributed by atoms with van der Waals surface area (Å²) in [5.74, 6) is 2.97. The minimum absolute atomic E-state index is 0.